The first-order chi connectivity index (χ1) is 13.0. The van der Waals surface area contributed by atoms with Crippen LogP contribution in [0.3, 0.4) is 0 Å². The van der Waals surface area contributed by atoms with Crippen LogP contribution in [0.5, 0.6) is 0 Å². The predicted molar refractivity (Wildman–Crippen MR) is 75.7 cm³/mol. The second-order valence-corrected chi connectivity index (χ2v) is 7.85. The van der Waals surface area contributed by atoms with Gasteiger partial charge in [-0.15, -0.1) is 0 Å². The lowest BCUT2D eigenvalue weighted by Crippen LogP contribution is -2.70. The van der Waals surface area contributed by atoms with Crippen LogP contribution in [0, 0.1) is 0 Å². The van der Waals surface area contributed by atoms with Crippen LogP contribution in [0.1, 0.15) is 12.8 Å². The molecule has 182 valence electrons. The SMILES string of the molecule is CNCCCNS(=O)(=O)CCC(F)(F)C(F)(F)C(F)(F)C(F)(F)C(F)(F)C(F)(F)F. The molecule has 0 bridgehead atoms. The van der Waals surface area contributed by atoms with E-state index in [0.717, 1.165) is 0 Å². The van der Waals surface area contributed by atoms with Crippen LogP contribution < -0.4 is 10.0 Å². The van der Waals surface area contributed by atoms with Crippen LogP contribution in [0.15, 0.2) is 0 Å². The van der Waals surface area contributed by atoms with Gasteiger partial charge in [0.25, 0.3) is 0 Å². The summed E-state index contributed by atoms with van der Waals surface area (Å²) in [5, 5.41) is 2.53. The normalized spacial score (nSPS) is 15.5. The summed E-state index contributed by atoms with van der Waals surface area (Å²) >= 11 is 0. The molecule has 0 unspecified atom stereocenters. The van der Waals surface area contributed by atoms with E-state index in [9.17, 15) is 65.5 Å². The molecule has 0 radical (unpaired) electrons. The largest absolute Gasteiger partial charge is 0.460 e. The van der Waals surface area contributed by atoms with Gasteiger partial charge < -0.3 is 5.32 Å². The van der Waals surface area contributed by atoms with Crippen molar-refractivity contribution in [3.63, 3.8) is 0 Å². The molecular formula is C12H15F13N2O2S. The molecule has 4 nitrogen and oxygen atoms in total. The third-order valence-corrected chi connectivity index (χ3v) is 4.99. The molecule has 0 atom stereocenters. The molecular weight excluding hydrogens is 483 g/mol. The van der Waals surface area contributed by atoms with E-state index in [1.54, 1.807) is 4.72 Å². The highest BCUT2D eigenvalue weighted by molar-refractivity contribution is 7.89. The van der Waals surface area contributed by atoms with Gasteiger partial charge in [0.15, 0.2) is 0 Å². The van der Waals surface area contributed by atoms with Gasteiger partial charge in [-0.1, -0.05) is 0 Å². The Balaban J connectivity index is 5.71. The average Bonchev–Trinajstić information content (AvgIpc) is 2.55. The minimum atomic E-state index is -8.00. The summed E-state index contributed by atoms with van der Waals surface area (Å²) in [6, 6.07) is 0. The van der Waals surface area contributed by atoms with Gasteiger partial charge in [-0.05, 0) is 20.0 Å². The molecule has 0 saturated carbocycles. The Labute approximate surface area is 161 Å². The summed E-state index contributed by atoms with van der Waals surface area (Å²) in [7, 11) is -3.40. The molecule has 0 fully saturated rings. The molecule has 0 aromatic heterocycles. The highest BCUT2D eigenvalue weighted by atomic mass is 32.2. The van der Waals surface area contributed by atoms with Crippen LogP contribution in [0.25, 0.3) is 0 Å². The van der Waals surface area contributed by atoms with Crippen molar-refractivity contribution in [1.29, 1.82) is 0 Å². The smallest absolute Gasteiger partial charge is 0.320 e. The van der Waals surface area contributed by atoms with E-state index in [0.29, 0.717) is 0 Å². The summed E-state index contributed by atoms with van der Waals surface area (Å²) in [5.74, 6) is -39.7. The van der Waals surface area contributed by atoms with Crippen LogP contribution in [0.2, 0.25) is 0 Å². The number of alkyl halides is 13. The fourth-order valence-corrected chi connectivity index (χ4v) is 2.91. The molecule has 0 rings (SSSR count). The first-order valence-corrected chi connectivity index (χ1v) is 9.25. The molecule has 0 saturated heterocycles. The van der Waals surface area contributed by atoms with Crippen LogP contribution in [-0.2, 0) is 10.0 Å². The third kappa shape index (κ3) is 5.41. The standard InChI is InChI=1S/C12H15F13N2O2S/c1-26-4-2-5-27-30(28,29)6-3-7(13,14)8(15,16)9(17,18)10(19,20)11(21,22)12(23,24)25/h26-27H,2-6H2,1H3. The fourth-order valence-electron chi connectivity index (χ4n) is 1.79. The molecule has 0 aliphatic heterocycles. The van der Waals surface area contributed by atoms with Crippen LogP contribution >= 0.6 is 0 Å². The quantitative estimate of drug-likeness (QED) is 0.319. The Morgan fingerprint density at radius 1 is 0.667 bits per heavy atom. The van der Waals surface area contributed by atoms with Gasteiger partial charge in [0.2, 0.25) is 10.0 Å². The maximum Gasteiger partial charge on any atom is 0.460 e. The van der Waals surface area contributed by atoms with Crippen molar-refractivity contribution < 1.29 is 65.5 Å². The van der Waals surface area contributed by atoms with Crippen LogP contribution in [0.4, 0.5) is 57.1 Å². The first-order valence-electron chi connectivity index (χ1n) is 7.59. The van der Waals surface area contributed by atoms with Crippen LogP contribution in [-0.4, -0.2) is 70.1 Å². The maximum absolute atomic E-state index is 13.5. The Morgan fingerprint density at radius 3 is 1.50 bits per heavy atom. The molecule has 0 aliphatic carbocycles. The van der Waals surface area contributed by atoms with Gasteiger partial charge in [0, 0.05) is 13.0 Å². The topological polar surface area (TPSA) is 58.2 Å². The number of sulfonamides is 1. The van der Waals surface area contributed by atoms with Crippen molar-refractivity contribution in [2.45, 2.75) is 48.6 Å². The summed E-state index contributed by atoms with van der Waals surface area (Å²) in [5.41, 5.74) is 0. The van der Waals surface area contributed by atoms with Crippen molar-refractivity contribution in [2.75, 3.05) is 25.9 Å². The molecule has 0 aliphatic rings. The highest BCUT2D eigenvalue weighted by Crippen LogP contribution is 2.60. The van der Waals surface area contributed by atoms with Crippen molar-refractivity contribution in [1.82, 2.24) is 10.0 Å². The summed E-state index contributed by atoms with van der Waals surface area (Å²) < 4.78 is 192. The Morgan fingerprint density at radius 2 is 1.10 bits per heavy atom. The molecule has 30 heavy (non-hydrogen) atoms. The Bertz CT molecular complexity index is 676. The van der Waals surface area contributed by atoms with E-state index in [1.165, 1.54) is 7.05 Å². The lowest BCUT2D eigenvalue weighted by atomic mass is 9.93. The Hall–Kier alpha value is -1.04. The van der Waals surface area contributed by atoms with E-state index in [1.807, 2.05) is 0 Å². The lowest BCUT2D eigenvalue weighted by Gasteiger charge is -2.39. The molecule has 0 spiro atoms. The fraction of sp³-hybridized carbons (Fsp3) is 1.00. The van der Waals surface area contributed by atoms with Gasteiger partial charge in [-0.25, -0.2) is 13.1 Å². The van der Waals surface area contributed by atoms with E-state index >= 15 is 0 Å². The van der Waals surface area contributed by atoms with Crippen molar-refractivity contribution >= 4 is 10.0 Å². The highest BCUT2D eigenvalue weighted by Gasteiger charge is 2.90. The van der Waals surface area contributed by atoms with Crippen molar-refractivity contribution in [2.24, 2.45) is 0 Å². The zero-order valence-electron chi connectivity index (χ0n) is 14.7. The number of halogens is 13. The van der Waals surface area contributed by atoms with Crippen molar-refractivity contribution in [3.8, 4) is 0 Å². The summed E-state index contributed by atoms with van der Waals surface area (Å²) in [6.07, 6.45) is -10.2. The molecule has 0 aromatic carbocycles. The number of hydrogen-bond donors (Lipinski definition) is 2. The van der Waals surface area contributed by atoms with Gasteiger partial charge in [-0.2, -0.15) is 57.1 Å². The van der Waals surface area contributed by atoms with Gasteiger partial charge in [0.05, 0.1) is 5.75 Å². The molecule has 0 aromatic rings. The monoisotopic (exact) mass is 498 g/mol. The average molecular weight is 498 g/mol. The third-order valence-electron chi connectivity index (χ3n) is 3.61. The predicted octanol–water partition coefficient (Wildman–Crippen LogP) is 3.64. The zero-order chi connectivity index (χ0) is 24.4. The maximum atomic E-state index is 13.5. The minimum Gasteiger partial charge on any atom is -0.320 e. The lowest BCUT2D eigenvalue weighted by molar-refractivity contribution is -0.439. The van der Waals surface area contributed by atoms with Gasteiger partial charge in [0.1, 0.15) is 0 Å². The zero-order valence-corrected chi connectivity index (χ0v) is 15.5. The Kier molecular flexibility index (Phi) is 8.53. The number of hydrogen-bond acceptors (Lipinski definition) is 3. The van der Waals surface area contributed by atoms with Crippen molar-refractivity contribution in [3.05, 3.63) is 0 Å². The minimum absolute atomic E-state index is 0.0547. The van der Waals surface area contributed by atoms with E-state index in [4.69, 9.17) is 0 Å². The van der Waals surface area contributed by atoms with E-state index in [2.05, 4.69) is 5.32 Å². The summed E-state index contributed by atoms with van der Waals surface area (Å²) in [6.45, 7) is -0.233. The van der Waals surface area contributed by atoms with E-state index < -0.39 is 64.5 Å². The second kappa shape index (κ2) is 8.84. The van der Waals surface area contributed by atoms with Gasteiger partial charge in [-0.3, -0.25) is 0 Å². The molecule has 0 heterocycles. The molecule has 18 heteroatoms. The van der Waals surface area contributed by atoms with E-state index in [-0.39, 0.29) is 13.0 Å². The molecule has 2 N–H and O–H groups in total. The number of rotatable bonds is 12. The molecule has 0 amide bonds. The first kappa shape index (κ1) is 29.0. The summed E-state index contributed by atoms with van der Waals surface area (Å²) in [4.78, 5) is 0. The second-order valence-electron chi connectivity index (χ2n) is 5.92. The number of nitrogens with one attached hydrogen (secondary N) is 2. The van der Waals surface area contributed by atoms with Gasteiger partial charge >= 0.3 is 35.8 Å².